The molecule has 2 aliphatic rings. The topological polar surface area (TPSA) is 231 Å². The summed E-state index contributed by atoms with van der Waals surface area (Å²) in [6, 6.07) is 0. The van der Waals surface area contributed by atoms with E-state index in [4.69, 9.17) is 36.8 Å². The number of rotatable bonds is 9. The molecule has 0 saturated carbocycles. The molecule has 0 aromatic heterocycles. The molecular weight excluding hydrogens is 514 g/mol. The van der Waals surface area contributed by atoms with E-state index in [1.54, 1.807) is 0 Å². The zero-order chi connectivity index (χ0) is 23.8. The Labute approximate surface area is 179 Å². The van der Waals surface area contributed by atoms with Crippen molar-refractivity contribution in [1.29, 1.82) is 0 Å². The lowest BCUT2D eigenvalue weighted by atomic mass is 9.99. The van der Waals surface area contributed by atoms with E-state index in [2.05, 4.69) is 24.7 Å². The van der Waals surface area contributed by atoms with Gasteiger partial charge in [0.1, 0.15) is 23.4 Å². The summed E-state index contributed by atoms with van der Waals surface area (Å²) in [5, 5.41) is 10.3. The first-order valence-electron chi connectivity index (χ1n) is 7.85. The molecule has 0 radical (unpaired) electrons. The number of nitrogens with zero attached hydrogens (tertiary/aromatic N) is 2. The zero-order valence-electron chi connectivity index (χ0n) is 15.2. The molecule has 0 aromatic rings. The minimum atomic E-state index is -5.77. The van der Waals surface area contributed by atoms with Crippen LogP contribution in [0.25, 0.3) is 0 Å². The second kappa shape index (κ2) is 9.27. The Morgan fingerprint density at radius 1 is 1.29 bits per heavy atom. The molecule has 20 heteroatoms. The molecule has 1 fully saturated rings. The Morgan fingerprint density at radius 2 is 1.90 bits per heavy atom. The second-order valence-electron chi connectivity index (χ2n) is 6.14. The molecule has 0 bridgehead atoms. The molecule has 2 rings (SSSR count). The highest BCUT2D eigenvalue weighted by atomic mass is 35.5. The Morgan fingerprint density at radius 3 is 2.42 bits per heavy atom. The number of alkyl halides is 2. The van der Waals surface area contributed by atoms with E-state index in [0.29, 0.717) is 0 Å². The van der Waals surface area contributed by atoms with Crippen LogP contribution >= 0.6 is 35.1 Å². The molecule has 0 aliphatic carbocycles. The number of hydrogen-bond donors (Lipinski definition) is 6. The highest BCUT2D eigenvalue weighted by molar-refractivity contribution is 7.66. The summed E-state index contributed by atoms with van der Waals surface area (Å²) >= 11 is 5.76. The lowest BCUT2D eigenvalue weighted by Crippen LogP contribution is -2.47. The summed E-state index contributed by atoms with van der Waals surface area (Å²) in [6.45, 7) is 2.39. The first-order chi connectivity index (χ1) is 14.0. The first kappa shape index (κ1) is 26.6. The third-order valence-corrected chi connectivity index (χ3v) is 8.05. The average Bonchev–Trinajstić information content (AvgIpc) is 2.82. The summed E-state index contributed by atoms with van der Waals surface area (Å²) in [5.74, 6) is -0.694. The van der Waals surface area contributed by atoms with E-state index < -0.39 is 60.1 Å². The molecule has 6 atom stereocenters. The van der Waals surface area contributed by atoms with Gasteiger partial charge in [-0.15, -0.1) is 11.6 Å². The van der Waals surface area contributed by atoms with Crippen LogP contribution < -0.4 is 5.73 Å². The van der Waals surface area contributed by atoms with Gasteiger partial charge in [0.15, 0.2) is 12.4 Å². The van der Waals surface area contributed by atoms with E-state index >= 15 is 0 Å². The van der Waals surface area contributed by atoms with Crippen molar-refractivity contribution in [3.63, 3.8) is 0 Å². The molecule has 0 spiro atoms. The largest absolute Gasteiger partial charge is 0.490 e. The van der Waals surface area contributed by atoms with Crippen molar-refractivity contribution < 1.29 is 60.6 Å². The number of aliphatic hydroxyl groups is 1. The fourth-order valence-electron chi connectivity index (χ4n) is 2.51. The molecule has 1 saturated heterocycles. The van der Waals surface area contributed by atoms with Crippen LogP contribution in [0.2, 0.25) is 0 Å². The quantitative estimate of drug-likeness (QED) is 0.170. The number of halogens is 2. The highest BCUT2D eigenvalue weighted by Gasteiger charge is 2.58. The van der Waals surface area contributed by atoms with Gasteiger partial charge in [-0.05, 0) is 6.08 Å². The highest BCUT2D eigenvalue weighted by Crippen LogP contribution is 2.66. The molecule has 178 valence electrons. The van der Waals surface area contributed by atoms with Crippen LogP contribution in [0.3, 0.4) is 0 Å². The number of phosphoric ester groups is 1. The van der Waals surface area contributed by atoms with Crippen LogP contribution in [0.15, 0.2) is 29.7 Å². The predicted molar refractivity (Wildman–Crippen MR) is 101 cm³/mol. The van der Waals surface area contributed by atoms with Crippen LogP contribution in [-0.4, -0.2) is 72.0 Å². The minimum absolute atomic E-state index is 0.0573. The maximum Gasteiger partial charge on any atom is 0.490 e. The zero-order valence-corrected chi connectivity index (χ0v) is 18.6. The normalized spacial score (nSPS) is 33.1. The van der Waals surface area contributed by atoms with Crippen molar-refractivity contribution in [2.75, 3.05) is 12.5 Å². The lowest BCUT2D eigenvalue weighted by molar-refractivity contribution is -0.119. The summed E-state index contributed by atoms with van der Waals surface area (Å²) in [7, 11) is -16.9. The Balaban J connectivity index is 2.14. The molecule has 0 aromatic carbocycles. The van der Waals surface area contributed by atoms with Gasteiger partial charge in [0.2, 0.25) is 0 Å². The van der Waals surface area contributed by atoms with Crippen molar-refractivity contribution in [2.24, 2.45) is 10.7 Å². The van der Waals surface area contributed by atoms with E-state index in [9.17, 15) is 28.1 Å². The third-order valence-electron chi connectivity index (χ3n) is 3.82. The summed E-state index contributed by atoms with van der Waals surface area (Å²) < 4.78 is 65.6. The van der Waals surface area contributed by atoms with Gasteiger partial charge in [0.05, 0.1) is 12.5 Å². The molecular formula is C11H18ClFN3O12P3. The van der Waals surface area contributed by atoms with Crippen LogP contribution in [0.5, 0.6) is 0 Å². The number of aliphatic hydroxyl groups excluding tert-OH is 1. The van der Waals surface area contributed by atoms with E-state index in [1.807, 2.05) is 0 Å². The number of amidine groups is 1. The number of phosphoric acid groups is 3. The van der Waals surface area contributed by atoms with Crippen molar-refractivity contribution in [1.82, 2.24) is 4.90 Å². The Bertz CT molecular complexity index is 929. The van der Waals surface area contributed by atoms with Crippen molar-refractivity contribution in [3.05, 3.63) is 24.7 Å². The summed E-state index contributed by atoms with van der Waals surface area (Å²) in [6.07, 6.45) is -3.24. The Kier molecular flexibility index (Phi) is 7.94. The molecule has 15 nitrogen and oxygen atoms in total. The number of hydrogen-bond acceptors (Lipinski definition) is 11. The lowest BCUT2D eigenvalue weighted by Gasteiger charge is -2.32. The van der Waals surface area contributed by atoms with Gasteiger partial charge in [-0.2, -0.15) is 8.62 Å². The van der Waals surface area contributed by atoms with E-state index in [0.717, 1.165) is 4.90 Å². The first-order valence-corrected chi connectivity index (χ1v) is 12.9. The van der Waals surface area contributed by atoms with Gasteiger partial charge in [0, 0.05) is 6.20 Å². The summed E-state index contributed by atoms with van der Waals surface area (Å²) in [4.78, 5) is 40.6. The average molecular weight is 532 g/mol. The molecule has 2 aliphatic heterocycles. The standard InChI is InChI=1S/C11H18ClFN3O12P3/c1-6-15-7(14)2-3-16(6)10-8(13)9(17)11(4-12,26-10)5-25-30(21,22)28-31(23,24)27-29(18,19)20/h2-3,8-10,17H,1,4-5H2,(H2,14,15)(H,21,22)(H,23,24)(H2,18,19,20)/t8-,9+,10-,11-/m1/s1. The smallest absolute Gasteiger partial charge is 0.387 e. The van der Waals surface area contributed by atoms with E-state index in [-0.39, 0.29) is 11.7 Å². The number of nitrogens with two attached hydrogens (primary N) is 1. The summed E-state index contributed by atoms with van der Waals surface area (Å²) in [5.41, 5.74) is 3.32. The second-order valence-corrected chi connectivity index (χ2v) is 10.8. The number of ether oxygens (including phenoxy) is 1. The van der Waals surface area contributed by atoms with Gasteiger partial charge in [0.25, 0.3) is 0 Å². The van der Waals surface area contributed by atoms with Crippen LogP contribution in [0.1, 0.15) is 0 Å². The minimum Gasteiger partial charge on any atom is -0.387 e. The van der Waals surface area contributed by atoms with Gasteiger partial charge >= 0.3 is 23.5 Å². The SMILES string of the molecule is C=C1N=C(N)C=CN1[C@@H]1O[C@](CCl)(COP(=O)(O)OP(=O)(O)OP(=O)(O)O)[C@@H](O)[C@H]1F. The fourth-order valence-corrected chi connectivity index (χ4v) is 5.89. The van der Waals surface area contributed by atoms with Gasteiger partial charge in [-0.3, -0.25) is 4.52 Å². The predicted octanol–water partition coefficient (Wildman–Crippen LogP) is 0.0203. The molecule has 2 heterocycles. The third kappa shape index (κ3) is 6.65. The van der Waals surface area contributed by atoms with Crippen molar-refractivity contribution in [3.8, 4) is 0 Å². The van der Waals surface area contributed by atoms with Gasteiger partial charge < -0.3 is 40.1 Å². The molecule has 2 unspecified atom stereocenters. The van der Waals surface area contributed by atoms with Crippen molar-refractivity contribution >= 4 is 40.9 Å². The van der Waals surface area contributed by atoms with Gasteiger partial charge in [-0.1, -0.05) is 6.58 Å². The van der Waals surface area contributed by atoms with Crippen molar-refractivity contribution in [2.45, 2.75) is 24.1 Å². The monoisotopic (exact) mass is 531 g/mol. The van der Waals surface area contributed by atoms with Crippen LogP contribution in [0.4, 0.5) is 4.39 Å². The molecule has 31 heavy (non-hydrogen) atoms. The van der Waals surface area contributed by atoms with Gasteiger partial charge in [-0.25, -0.2) is 23.1 Å². The maximum atomic E-state index is 14.8. The number of aliphatic imine (C=N–C) groups is 1. The fraction of sp³-hybridized carbons (Fsp3) is 0.545. The van der Waals surface area contributed by atoms with Crippen LogP contribution in [0, 0.1) is 0 Å². The van der Waals surface area contributed by atoms with E-state index in [1.165, 1.54) is 12.3 Å². The molecule has 0 amide bonds. The maximum absolute atomic E-state index is 14.8. The van der Waals surface area contributed by atoms with Crippen LogP contribution in [-0.2, 0) is 31.6 Å². The Hall–Kier alpha value is -0.700. The molecule has 7 N–H and O–H groups in total.